The summed E-state index contributed by atoms with van der Waals surface area (Å²) in [5.41, 5.74) is -0.159. The van der Waals surface area contributed by atoms with Crippen LogP contribution in [-0.2, 0) is 47.5 Å². The Bertz CT molecular complexity index is 1420. The fraction of sp³-hybridized carbons (Fsp3) is 0.744. The molecule has 0 aromatic heterocycles. The van der Waals surface area contributed by atoms with Crippen LogP contribution in [0.25, 0.3) is 0 Å². The van der Waals surface area contributed by atoms with Crippen molar-refractivity contribution >= 4 is 17.9 Å². The number of unbranched alkanes of at least 4 members (excludes halogenated alkanes) is 4. The molecule has 4 aliphatic heterocycles. The first-order valence-electron chi connectivity index (χ1n) is 20.5. The molecule has 4 heterocycles. The van der Waals surface area contributed by atoms with E-state index in [1.807, 2.05) is 6.08 Å². The lowest BCUT2D eigenvalue weighted by Gasteiger charge is -2.51. The molecule has 56 heavy (non-hydrogen) atoms. The molecule has 0 radical (unpaired) electrons. The normalized spacial score (nSPS) is 34.8. The van der Waals surface area contributed by atoms with E-state index in [4.69, 9.17) is 33.2 Å². The summed E-state index contributed by atoms with van der Waals surface area (Å²) in [6.45, 7) is 9.19. The second-order valence-corrected chi connectivity index (χ2v) is 16.4. The Balaban J connectivity index is 1.75. The first-order chi connectivity index (χ1) is 26.7. The van der Waals surface area contributed by atoms with Crippen LogP contribution in [-0.4, -0.2) is 109 Å². The standard InChI is InChI=1S/C43H66O13/c1-7-8-9-10-11-15-38(46)55-41-30(23-40(48)51-6)22-36-26-37(27-44)52-28(2)18-31(45)24-32-13-12-14-33(53-32)25-35-20-29(21-39(47)50-5)19-34(54-35)16-17-42(3,4)43(41,49)56-36/h16-17,21,23,31-37,41,44-45,49H,2,7-15,18-20,22,24-27H2,1,3-6H3/b17-16+,29-21+,30-23+/t31-,32-,33+,34-,35-,36-,37+,41-,43+/m0/s1. The summed E-state index contributed by atoms with van der Waals surface area (Å²) in [6.07, 6.45) is 10.7. The van der Waals surface area contributed by atoms with E-state index in [1.54, 1.807) is 19.9 Å². The lowest BCUT2D eigenvalue weighted by atomic mass is 9.74. The predicted octanol–water partition coefficient (Wildman–Crippen LogP) is 5.83. The molecule has 0 spiro atoms. The largest absolute Gasteiger partial charge is 0.493 e. The van der Waals surface area contributed by atoms with Crippen LogP contribution < -0.4 is 0 Å². The number of carbonyl (C=O) groups excluding carboxylic acids is 3. The summed E-state index contributed by atoms with van der Waals surface area (Å²) in [7, 11) is 2.57. The Morgan fingerprint density at radius 2 is 1.59 bits per heavy atom. The van der Waals surface area contributed by atoms with Crippen molar-refractivity contribution in [3.05, 3.63) is 47.8 Å². The monoisotopic (exact) mass is 790 g/mol. The number of aliphatic hydroxyl groups excluding tert-OH is 2. The average Bonchev–Trinajstić information content (AvgIpc) is 3.14. The van der Waals surface area contributed by atoms with Crippen molar-refractivity contribution in [1.29, 1.82) is 0 Å². The van der Waals surface area contributed by atoms with Gasteiger partial charge in [0, 0.05) is 43.3 Å². The molecule has 4 rings (SSSR count). The Labute approximate surface area is 332 Å². The van der Waals surface area contributed by atoms with Crippen LogP contribution in [0.3, 0.4) is 0 Å². The summed E-state index contributed by atoms with van der Waals surface area (Å²) in [6, 6.07) is 0. The SMILES string of the molecule is C=C1C[C@H](O)C[C@@H]2CCC[C@H](C[C@@H]3C/C(=C/C(=O)OC)C[C@H](/C=C/C(C)(C)[C@]4(O)O[C@@H](C/C(=C\C(=O)OC)[C@@H]4OC(=O)CCCCCCC)C[C@H](CO)O1)O3)O2. The Morgan fingerprint density at radius 3 is 2.29 bits per heavy atom. The highest BCUT2D eigenvalue weighted by molar-refractivity contribution is 5.83. The smallest absolute Gasteiger partial charge is 0.330 e. The van der Waals surface area contributed by atoms with E-state index in [1.165, 1.54) is 26.4 Å². The Kier molecular flexibility index (Phi) is 17.6. The summed E-state index contributed by atoms with van der Waals surface area (Å²) >= 11 is 0. The third-order valence-electron chi connectivity index (χ3n) is 11.3. The highest BCUT2D eigenvalue weighted by Gasteiger charge is 2.57. The lowest BCUT2D eigenvalue weighted by molar-refractivity contribution is -0.327. The Hall–Kier alpha value is -3.07. The first kappa shape index (κ1) is 45.6. The summed E-state index contributed by atoms with van der Waals surface area (Å²) in [5, 5.41) is 34.3. The van der Waals surface area contributed by atoms with Gasteiger partial charge in [0.15, 0.2) is 6.10 Å². The third kappa shape index (κ3) is 13.2. The quantitative estimate of drug-likeness (QED) is 0.0793. The van der Waals surface area contributed by atoms with E-state index in [-0.39, 0.29) is 55.3 Å². The maximum absolute atomic E-state index is 13.4. The molecular weight excluding hydrogens is 724 g/mol. The van der Waals surface area contributed by atoms with Gasteiger partial charge < -0.3 is 48.5 Å². The van der Waals surface area contributed by atoms with Crippen LogP contribution in [0.15, 0.2) is 47.8 Å². The molecule has 13 nitrogen and oxygen atoms in total. The number of carbonyl (C=O) groups is 3. The molecule has 0 aromatic rings. The van der Waals surface area contributed by atoms with Crippen LogP contribution in [0.1, 0.15) is 124 Å². The number of methoxy groups -OCH3 is 2. The highest BCUT2D eigenvalue weighted by atomic mass is 16.7. The number of hydrogen-bond donors (Lipinski definition) is 3. The molecule has 13 heteroatoms. The molecule has 6 bridgehead atoms. The molecule has 3 N–H and O–H groups in total. The molecular formula is C43H66O13. The summed E-state index contributed by atoms with van der Waals surface area (Å²) in [5.74, 6) is -3.66. The van der Waals surface area contributed by atoms with E-state index in [9.17, 15) is 29.7 Å². The maximum atomic E-state index is 13.4. The Morgan fingerprint density at radius 1 is 0.893 bits per heavy atom. The van der Waals surface area contributed by atoms with Gasteiger partial charge in [-0.1, -0.05) is 70.8 Å². The van der Waals surface area contributed by atoms with Gasteiger partial charge in [-0.15, -0.1) is 0 Å². The fourth-order valence-electron chi connectivity index (χ4n) is 8.21. The first-order valence-corrected chi connectivity index (χ1v) is 20.5. The van der Waals surface area contributed by atoms with E-state index >= 15 is 0 Å². The van der Waals surface area contributed by atoms with Crippen LogP contribution in [0, 0.1) is 5.41 Å². The maximum Gasteiger partial charge on any atom is 0.330 e. The highest BCUT2D eigenvalue weighted by Crippen LogP contribution is 2.47. The van der Waals surface area contributed by atoms with E-state index in [2.05, 4.69) is 13.5 Å². The second-order valence-electron chi connectivity index (χ2n) is 16.4. The second kappa shape index (κ2) is 21.6. The van der Waals surface area contributed by atoms with Crippen LogP contribution in [0.5, 0.6) is 0 Å². The third-order valence-corrected chi connectivity index (χ3v) is 11.3. The van der Waals surface area contributed by atoms with Crippen LogP contribution in [0.2, 0.25) is 0 Å². The van der Waals surface area contributed by atoms with Gasteiger partial charge in [0.2, 0.25) is 5.79 Å². The van der Waals surface area contributed by atoms with Crippen LogP contribution in [0.4, 0.5) is 0 Å². The fourth-order valence-corrected chi connectivity index (χ4v) is 8.21. The van der Waals surface area contributed by atoms with Crippen molar-refractivity contribution in [2.45, 2.75) is 178 Å². The van der Waals surface area contributed by atoms with Crippen molar-refractivity contribution < 1.29 is 62.9 Å². The van der Waals surface area contributed by atoms with Gasteiger partial charge in [0.1, 0.15) is 6.10 Å². The minimum atomic E-state index is -2.23. The summed E-state index contributed by atoms with van der Waals surface area (Å²) in [4.78, 5) is 38.6. The van der Waals surface area contributed by atoms with Gasteiger partial charge in [-0.3, -0.25) is 4.79 Å². The number of rotatable bonds is 10. The van der Waals surface area contributed by atoms with E-state index < -0.39 is 66.2 Å². The number of esters is 3. The zero-order valence-corrected chi connectivity index (χ0v) is 34.1. The van der Waals surface area contributed by atoms with Gasteiger partial charge in [-0.25, -0.2) is 9.59 Å². The zero-order chi connectivity index (χ0) is 40.9. The van der Waals surface area contributed by atoms with Crippen molar-refractivity contribution in [3.63, 3.8) is 0 Å². The molecule has 3 saturated heterocycles. The number of fused-ring (bicyclic) bond motifs is 6. The van der Waals surface area contributed by atoms with Gasteiger partial charge in [-0.2, -0.15) is 0 Å². The zero-order valence-electron chi connectivity index (χ0n) is 34.1. The van der Waals surface area contributed by atoms with Gasteiger partial charge in [0.25, 0.3) is 0 Å². The van der Waals surface area contributed by atoms with Gasteiger partial charge >= 0.3 is 17.9 Å². The molecule has 0 aliphatic carbocycles. The lowest BCUT2D eigenvalue weighted by Crippen LogP contribution is -2.62. The number of ether oxygens (including phenoxy) is 7. The molecule has 4 aliphatic rings. The predicted molar refractivity (Wildman–Crippen MR) is 207 cm³/mol. The van der Waals surface area contributed by atoms with Crippen molar-refractivity contribution in [2.75, 3.05) is 20.8 Å². The minimum Gasteiger partial charge on any atom is -0.493 e. The van der Waals surface area contributed by atoms with Gasteiger partial charge in [0.05, 0.1) is 63.2 Å². The molecule has 316 valence electrons. The van der Waals surface area contributed by atoms with Crippen LogP contribution >= 0.6 is 0 Å². The minimum absolute atomic E-state index is 0.0515. The molecule has 3 fully saturated rings. The number of aliphatic hydroxyl groups is 3. The molecule has 0 amide bonds. The molecule has 0 saturated carbocycles. The molecule has 0 aromatic carbocycles. The number of hydrogen-bond acceptors (Lipinski definition) is 13. The van der Waals surface area contributed by atoms with Crippen molar-refractivity contribution in [1.82, 2.24) is 0 Å². The summed E-state index contributed by atoms with van der Waals surface area (Å²) < 4.78 is 41.7. The van der Waals surface area contributed by atoms with E-state index in [0.717, 1.165) is 50.5 Å². The van der Waals surface area contributed by atoms with E-state index in [0.29, 0.717) is 32.1 Å². The van der Waals surface area contributed by atoms with Gasteiger partial charge in [-0.05, 0) is 56.9 Å². The van der Waals surface area contributed by atoms with Crippen molar-refractivity contribution in [2.24, 2.45) is 5.41 Å². The van der Waals surface area contributed by atoms with Crippen molar-refractivity contribution in [3.8, 4) is 0 Å². The topological polar surface area (TPSA) is 177 Å². The molecule has 0 unspecified atom stereocenters. The molecule has 9 atom stereocenters. The average molecular weight is 791 g/mol.